The minimum Gasteiger partial charge on any atom is -0.351 e. The van der Waals surface area contributed by atoms with E-state index in [1.165, 1.54) is 12.5 Å². The highest BCUT2D eigenvalue weighted by Gasteiger charge is 2.61. The Labute approximate surface area is 144 Å². The smallest absolute Gasteiger partial charge is 0.328 e. The van der Waals surface area contributed by atoms with Gasteiger partial charge in [0.2, 0.25) is 0 Å². The number of nitrogens with zero attached hydrogens (tertiary/aromatic N) is 2. The Balaban J connectivity index is 6.53. The molecule has 6 heteroatoms. The Morgan fingerprint density at radius 2 is 1.12 bits per heavy atom. The van der Waals surface area contributed by atoms with Crippen LogP contribution in [0.2, 0.25) is 0 Å². The molecule has 0 radical (unpaired) electrons. The number of rotatable bonds is 9. The Morgan fingerprint density at radius 3 is 1.29 bits per heavy atom. The molecule has 0 fully saturated rings. The molecular formula is C18H28N2O4. The zero-order chi connectivity index (χ0) is 19.0. The third-order valence-electron chi connectivity index (χ3n) is 4.69. The van der Waals surface area contributed by atoms with Gasteiger partial charge in [-0.05, 0) is 37.5 Å². The lowest BCUT2D eigenvalue weighted by Gasteiger charge is -2.47. The van der Waals surface area contributed by atoms with Crippen molar-refractivity contribution in [3.8, 4) is 12.5 Å². The molecule has 0 bridgehead atoms. The molecule has 0 aliphatic carbocycles. The van der Waals surface area contributed by atoms with E-state index in [9.17, 15) is 9.59 Å². The Morgan fingerprint density at radius 1 is 0.833 bits per heavy atom. The van der Waals surface area contributed by atoms with Gasteiger partial charge >= 0.3 is 11.9 Å². The van der Waals surface area contributed by atoms with Crippen molar-refractivity contribution in [2.75, 3.05) is 0 Å². The molecule has 0 aromatic rings. The van der Waals surface area contributed by atoms with Crippen molar-refractivity contribution in [2.45, 2.75) is 67.2 Å². The summed E-state index contributed by atoms with van der Waals surface area (Å²) in [6, 6.07) is 0. The van der Waals surface area contributed by atoms with E-state index in [0.717, 1.165) is 0 Å². The van der Waals surface area contributed by atoms with Crippen molar-refractivity contribution in [1.82, 2.24) is 0 Å². The van der Waals surface area contributed by atoms with Crippen LogP contribution in [-0.4, -0.2) is 11.9 Å². The van der Waals surface area contributed by atoms with Crippen LogP contribution < -0.4 is 0 Å². The first kappa shape index (κ1) is 21.9. The second-order valence-electron chi connectivity index (χ2n) is 7.03. The van der Waals surface area contributed by atoms with Crippen molar-refractivity contribution >= 4 is 11.9 Å². The number of nitriles is 2. The van der Waals surface area contributed by atoms with Gasteiger partial charge < -0.3 is 9.47 Å². The van der Waals surface area contributed by atoms with Crippen molar-refractivity contribution < 1.29 is 19.1 Å². The first-order valence-corrected chi connectivity index (χ1v) is 8.38. The first-order chi connectivity index (χ1) is 11.2. The van der Waals surface area contributed by atoms with Crippen LogP contribution in [0.5, 0.6) is 0 Å². The molecule has 0 aliphatic heterocycles. The number of esters is 2. The number of carbonyl (C=O) groups excluding carboxylic acids is 2. The fourth-order valence-corrected chi connectivity index (χ4v) is 3.87. The average Bonchev–Trinajstić information content (AvgIpc) is 2.50. The van der Waals surface area contributed by atoms with Gasteiger partial charge in [0, 0.05) is 0 Å². The van der Waals surface area contributed by atoms with Crippen LogP contribution in [0.1, 0.15) is 67.2 Å². The average molecular weight is 336 g/mol. The summed E-state index contributed by atoms with van der Waals surface area (Å²) in [5.41, 5.74) is -2.44. The number of hydrogen-bond donors (Lipinski definition) is 0. The van der Waals surface area contributed by atoms with Crippen LogP contribution in [0.3, 0.4) is 0 Å². The van der Waals surface area contributed by atoms with E-state index in [1.807, 2.05) is 27.7 Å². The molecule has 2 unspecified atom stereocenters. The highest BCUT2D eigenvalue weighted by atomic mass is 16.5. The van der Waals surface area contributed by atoms with Gasteiger partial charge in [0.1, 0.15) is 0 Å². The van der Waals surface area contributed by atoms with Gasteiger partial charge in [-0.25, -0.2) is 0 Å². The Kier molecular flexibility index (Phi) is 8.47. The summed E-state index contributed by atoms with van der Waals surface area (Å²) in [5, 5.41) is 17.7. The van der Waals surface area contributed by atoms with Crippen molar-refractivity contribution in [2.24, 2.45) is 22.7 Å². The van der Waals surface area contributed by atoms with Gasteiger partial charge in [-0.1, -0.05) is 41.5 Å². The predicted octanol–water partition coefficient (Wildman–Crippen LogP) is 3.92. The van der Waals surface area contributed by atoms with Crippen LogP contribution >= 0.6 is 0 Å². The maximum absolute atomic E-state index is 12.8. The molecule has 6 nitrogen and oxygen atoms in total. The topological polar surface area (TPSA) is 100 Å². The highest BCUT2D eigenvalue weighted by Crippen LogP contribution is 2.54. The summed E-state index contributed by atoms with van der Waals surface area (Å²) in [4.78, 5) is 25.6. The largest absolute Gasteiger partial charge is 0.351 e. The molecular weight excluding hydrogens is 308 g/mol. The second kappa shape index (κ2) is 9.27. The fraction of sp³-hybridized carbons (Fsp3) is 0.778. The molecule has 24 heavy (non-hydrogen) atoms. The van der Waals surface area contributed by atoms with E-state index in [0.29, 0.717) is 25.7 Å². The molecule has 0 aromatic carbocycles. The lowest BCUT2D eigenvalue weighted by Crippen LogP contribution is -2.54. The Bertz CT molecular complexity index is 482. The lowest BCUT2D eigenvalue weighted by atomic mass is 9.54. The van der Waals surface area contributed by atoms with Crippen molar-refractivity contribution in [3.63, 3.8) is 0 Å². The van der Waals surface area contributed by atoms with Crippen molar-refractivity contribution in [3.05, 3.63) is 0 Å². The molecule has 0 aromatic heterocycles. The third kappa shape index (κ3) is 4.26. The molecule has 0 saturated heterocycles. The summed E-state index contributed by atoms with van der Waals surface area (Å²) in [7, 11) is 0. The van der Waals surface area contributed by atoms with E-state index in [-0.39, 0.29) is 11.8 Å². The van der Waals surface area contributed by atoms with Gasteiger partial charge in [-0.15, -0.1) is 10.5 Å². The summed E-state index contributed by atoms with van der Waals surface area (Å²) in [6.45, 7) is 11.4. The van der Waals surface area contributed by atoms with Crippen molar-refractivity contribution in [1.29, 1.82) is 10.5 Å². The molecule has 0 N–H and O–H groups in total. The molecule has 0 heterocycles. The Hall–Kier alpha value is -2.08. The zero-order valence-electron chi connectivity index (χ0n) is 15.5. The fourth-order valence-electron chi connectivity index (χ4n) is 3.87. The maximum Gasteiger partial charge on any atom is 0.328 e. The van der Waals surface area contributed by atoms with Crippen LogP contribution in [-0.2, 0) is 19.1 Å². The van der Waals surface area contributed by atoms with Crippen LogP contribution in [0.25, 0.3) is 0 Å². The van der Waals surface area contributed by atoms with Crippen LogP contribution in [0.4, 0.5) is 0 Å². The number of ether oxygens (including phenoxy) is 2. The summed E-state index contributed by atoms with van der Waals surface area (Å²) >= 11 is 0. The molecule has 2 atom stereocenters. The first-order valence-electron chi connectivity index (χ1n) is 8.38. The van der Waals surface area contributed by atoms with Crippen LogP contribution in [0, 0.1) is 45.7 Å². The zero-order valence-corrected chi connectivity index (χ0v) is 15.5. The number of hydrogen-bond acceptors (Lipinski definition) is 6. The molecule has 134 valence electrons. The summed E-state index contributed by atoms with van der Waals surface area (Å²) in [6.07, 6.45) is 4.23. The highest BCUT2D eigenvalue weighted by molar-refractivity contribution is 5.89. The van der Waals surface area contributed by atoms with Gasteiger partial charge in [0.25, 0.3) is 12.5 Å². The summed E-state index contributed by atoms with van der Waals surface area (Å²) in [5.74, 6) is -1.27. The minimum absolute atomic E-state index is 0.0872. The quantitative estimate of drug-likeness (QED) is 0.467. The SMILES string of the molecule is CCC(CC(C)C)(C(=O)OC#N)C(CC)(CC(C)C)C(=O)OC#N. The van der Waals surface area contributed by atoms with E-state index < -0.39 is 22.8 Å². The molecule has 0 amide bonds. The minimum atomic E-state index is -1.22. The third-order valence-corrected chi connectivity index (χ3v) is 4.69. The number of carbonyl (C=O) groups is 2. The van der Waals surface area contributed by atoms with Gasteiger partial charge in [0.15, 0.2) is 0 Å². The molecule has 0 rings (SSSR count). The summed E-state index contributed by atoms with van der Waals surface area (Å²) < 4.78 is 9.39. The molecule has 0 spiro atoms. The molecule has 0 aliphatic rings. The van der Waals surface area contributed by atoms with E-state index in [4.69, 9.17) is 20.0 Å². The monoisotopic (exact) mass is 336 g/mol. The van der Waals surface area contributed by atoms with E-state index in [2.05, 4.69) is 0 Å². The second-order valence-corrected chi connectivity index (χ2v) is 7.03. The van der Waals surface area contributed by atoms with Crippen LogP contribution in [0.15, 0.2) is 0 Å². The van der Waals surface area contributed by atoms with E-state index in [1.54, 1.807) is 13.8 Å². The standard InChI is InChI=1S/C18H28N2O4/c1-7-17(9-13(3)4,15(21)23-11-19)18(8-2,10-14(5)6)16(22)24-12-20/h13-14H,7-10H2,1-6H3. The van der Waals surface area contributed by atoms with Gasteiger partial charge in [-0.2, -0.15) is 0 Å². The maximum atomic E-state index is 12.8. The lowest BCUT2D eigenvalue weighted by molar-refractivity contribution is -0.179. The van der Waals surface area contributed by atoms with Gasteiger partial charge in [-0.3, -0.25) is 9.59 Å². The van der Waals surface area contributed by atoms with E-state index >= 15 is 0 Å². The normalized spacial score (nSPS) is 15.8. The van der Waals surface area contributed by atoms with Gasteiger partial charge in [0.05, 0.1) is 10.8 Å². The molecule has 0 saturated carbocycles. The predicted molar refractivity (Wildman–Crippen MR) is 87.8 cm³/mol.